The van der Waals surface area contributed by atoms with Crippen molar-refractivity contribution in [2.75, 3.05) is 13.6 Å². The molecule has 0 bridgehead atoms. The van der Waals surface area contributed by atoms with Crippen molar-refractivity contribution in [3.63, 3.8) is 0 Å². The molecule has 1 amide bonds. The average molecular weight is 336 g/mol. The van der Waals surface area contributed by atoms with E-state index in [9.17, 15) is 9.90 Å². The van der Waals surface area contributed by atoms with E-state index in [1.165, 1.54) is 11.8 Å². The summed E-state index contributed by atoms with van der Waals surface area (Å²) in [6.45, 7) is 2.33. The minimum Gasteiger partial charge on any atom is -0.391 e. The largest absolute Gasteiger partial charge is 0.391 e. The minimum absolute atomic E-state index is 0.0453. The normalized spacial score (nSPS) is 17.4. The number of nitrogens with zero attached hydrogens (tertiary/aromatic N) is 2. The molecule has 0 saturated heterocycles. The van der Waals surface area contributed by atoms with E-state index in [4.69, 9.17) is 0 Å². The molecule has 1 aromatic carbocycles. The highest BCUT2D eigenvalue weighted by Crippen LogP contribution is 2.34. The predicted molar refractivity (Wildman–Crippen MR) is 91.3 cm³/mol. The number of aromatic nitrogens is 1. The van der Waals surface area contributed by atoms with Crippen molar-refractivity contribution in [2.45, 2.75) is 35.5 Å². The van der Waals surface area contributed by atoms with E-state index in [0.29, 0.717) is 12.5 Å². The summed E-state index contributed by atoms with van der Waals surface area (Å²) in [7, 11) is 1.77. The van der Waals surface area contributed by atoms with Gasteiger partial charge in [0.2, 0.25) is 5.91 Å². The number of para-hydroxylation sites is 1. The number of benzene rings is 1. The second-order valence-electron chi connectivity index (χ2n) is 5.83. The fourth-order valence-corrected chi connectivity index (χ4v) is 4.74. The SMILES string of the molecule is CC(Sc1nc2ccccc2s1)C(=O)N(C)CC(O)C1CC1. The molecule has 0 spiro atoms. The summed E-state index contributed by atoms with van der Waals surface area (Å²) in [4.78, 5) is 18.6. The third-order valence-corrected chi connectivity index (χ3v) is 6.12. The minimum atomic E-state index is -0.381. The van der Waals surface area contributed by atoms with Crippen LogP contribution in [-0.4, -0.2) is 45.8 Å². The first-order valence-electron chi connectivity index (χ1n) is 7.50. The molecule has 1 aliphatic carbocycles. The molecule has 1 N–H and O–H groups in total. The highest BCUT2D eigenvalue weighted by Gasteiger charge is 2.32. The average Bonchev–Trinajstić information content (AvgIpc) is 3.26. The highest BCUT2D eigenvalue weighted by molar-refractivity contribution is 8.02. The molecule has 22 heavy (non-hydrogen) atoms. The number of likely N-dealkylation sites (N-methyl/N-ethyl adjacent to an activating group) is 1. The van der Waals surface area contributed by atoms with Crippen molar-refractivity contribution in [1.29, 1.82) is 0 Å². The van der Waals surface area contributed by atoms with E-state index in [-0.39, 0.29) is 17.3 Å². The van der Waals surface area contributed by atoms with Crippen molar-refractivity contribution in [3.8, 4) is 0 Å². The van der Waals surface area contributed by atoms with Gasteiger partial charge in [0.25, 0.3) is 0 Å². The molecule has 2 aromatic rings. The van der Waals surface area contributed by atoms with Gasteiger partial charge in [-0.05, 0) is 37.8 Å². The Hall–Kier alpha value is -1.11. The Labute approximate surface area is 138 Å². The van der Waals surface area contributed by atoms with Gasteiger partial charge in [0, 0.05) is 13.6 Å². The fraction of sp³-hybridized carbons (Fsp3) is 0.500. The Bertz CT molecular complexity index is 636. The van der Waals surface area contributed by atoms with E-state index in [2.05, 4.69) is 4.98 Å². The lowest BCUT2D eigenvalue weighted by Crippen LogP contribution is -2.39. The molecule has 1 fully saturated rings. The van der Waals surface area contributed by atoms with Gasteiger partial charge >= 0.3 is 0 Å². The Morgan fingerprint density at radius 2 is 2.23 bits per heavy atom. The van der Waals surface area contributed by atoms with Gasteiger partial charge in [-0.2, -0.15) is 0 Å². The van der Waals surface area contributed by atoms with Crippen LogP contribution in [0, 0.1) is 5.92 Å². The van der Waals surface area contributed by atoms with Crippen LogP contribution >= 0.6 is 23.1 Å². The predicted octanol–water partition coefficient (Wildman–Crippen LogP) is 3.01. The number of rotatable bonds is 6. The third-order valence-electron chi connectivity index (χ3n) is 3.90. The van der Waals surface area contributed by atoms with Gasteiger partial charge < -0.3 is 10.0 Å². The first-order chi connectivity index (χ1) is 10.5. The van der Waals surface area contributed by atoms with Crippen LogP contribution in [0.2, 0.25) is 0 Å². The van der Waals surface area contributed by atoms with E-state index in [1.807, 2.05) is 31.2 Å². The third kappa shape index (κ3) is 3.62. The molecule has 0 radical (unpaired) electrons. The monoisotopic (exact) mass is 336 g/mol. The molecule has 0 aliphatic heterocycles. The van der Waals surface area contributed by atoms with Crippen LogP contribution in [0.5, 0.6) is 0 Å². The standard InChI is InChI=1S/C16H20N2O2S2/c1-10(15(20)18(2)9-13(19)11-7-8-11)21-16-17-12-5-3-4-6-14(12)22-16/h3-6,10-11,13,19H,7-9H2,1-2H3. The van der Waals surface area contributed by atoms with Gasteiger partial charge in [-0.1, -0.05) is 23.9 Å². The molecule has 118 valence electrons. The summed E-state index contributed by atoms with van der Waals surface area (Å²) in [5, 5.41) is 9.77. The van der Waals surface area contributed by atoms with Gasteiger partial charge in [0.1, 0.15) is 0 Å². The van der Waals surface area contributed by atoms with Crippen LogP contribution in [-0.2, 0) is 4.79 Å². The zero-order valence-electron chi connectivity index (χ0n) is 12.7. The molecule has 4 nitrogen and oxygen atoms in total. The number of thioether (sulfide) groups is 1. The number of carbonyl (C=O) groups excluding carboxylic acids is 1. The summed E-state index contributed by atoms with van der Waals surface area (Å²) >= 11 is 3.11. The second-order valence-corrected chi connectivity index (χ2v) is 8.45. The maximum absolute atomic E-state index is 12.4. The number of hydrogen-bond donors (Lipinski definition) is 1. The van der Waals surface area contributed by atoms with Gasteiger partial charge in [-0.15, -0.1) is 11.3 Å². The molecule has 3 rings (SSSR count). The van der Waals surface area contributed by atoms with Crippen LogP contribution in [0.3, 0.4) is 0 Å². The number of fused-ring (bicyclic) bond motifs is 1. The van der Waals surface area contributed by atoms with Crippen LogP contribution in [0.15, 0.2) is 28.6 Å². The number of aliphatic hydroxyl groups excluding tert-OH is 1. The number of amides is 1. The molecule has 2 atom stereocenters. The van der Waals surface area contributed by atoms with Crippen molar-refractivity contribution in [3.05, 3.63) is 24.3 Å². The maximum atomic E-state index is 12.4. The molecule has 1 aromatic heterocycles. The van der Waals surface area contributed by atoms with Crippen molar-refractivity contribution >= 4 is 39.2 Å². The lowest BCUT2D eigenvalue weighted by molar-refractivity contribution is -0.130. The zero-order valence-corrected chi connectivity index (χ0v) is 14.4. The highest BCUT2D eigenvalue weighted by atomic mass is 32.2. The number of aliphatic hydroxyl groups is 1. The molecule has 2 unspecified atom stereocenters. The Balaban J connectivity index is 1.60. The van der Waals surface area contributed by atoms with Crippen molar-refractivity contribution in [2.24, 2.45) is 5.92 Å². The molecule has 1 aliphatic rings. The second kappa shape index (κ2) is 6.56. The Morgan fingerprint density at radius 3 is 2.91 bits per heavy atom. The lowest BCUT2D eigenvalue weighted by Gasteiger charge is -2.23. The van der Waals surface area contributed by atoms with E-state index < -0.39 is 0 Å². The van der Waals surface area contributed by atoms with Gasteiger partial charge in [-0.25, -0.2) is 4.98 Å². The smallest absolute Gasteiger partial charge is 0.235 e. The van der Waals surface area contributed by atoms with Crippen LogP contribution in [0.1, 0.15) is 19.8 Å². The van der Waals surface area contributed by atoms with E-state index >= 15 is 0 Å². The van der Waals surface area contributed by atoms with E-state index in [0.717, 1.165) is 27.4 Å². The molecular formula is C16H20N2O2S2. The Morgan fingerprint density at radius 1 is 1.50 bits per heavy atom. The van der Waals surface area contributed by atoms with E-state index in [1.54, 1.807) is 23.3 Å². The fourth-order valence-electron chi connectivity index (χ4n) is 2.41. The summed E-state index contributed by atoms with van der Waals surface area (Å²) < 4.78 is 2.06. The molecule has 6 heteroatoms. The van der Waals surface area contributed by atoms with Crippen molar-refractivity contribution < 1.29 is 9.90 Å². The molecule has 1 saturated carbocycles. The summed E-state index contributed by atoms with van der Waals surface area (Å²) in [5.74, 6) is 0.437. The van der Waals surface area contributed by atoms with Gasteiger partial charge in [0.15, 0.2) is 4.34 Å². The first kappa shape index (κ1) is 15.8. The number of carbonyl (C=O) groups is 1. The first-order valence-corrected chi connectivity index (χ1v) is 9.19. The van der Waals surface area contributed by atoms with Gasteiger partial charge in [-0.3, -0.25) is 4.79 Å². The van der Waals surface area contributed by atoms with Crippen LogP contribution in [0.25, 0.3) is 10.2 Å². The lowest BCUT2D eigenvalue weighted by atomic mass is 10.2. The zero-order chi connectivity index (χ0) is 15.7. The van der Waals surface area contributed by atoms with Crippen LogP contribution < -0.4 is 0 Å². The Kier molecular flexibility index (Phi) is 4.70. The summed E-state index contributed by atoms with van der Waals surface area (Å²) in [6.07, 6.45) is 1.78. The summed E-state index contributed by atoms with van der Waals surface area (Å²) in [5.41, 5.74) is 0.979. The number of hydrogen-bond acceptors (Lipinski definition) is 5. The van der Waals surface area contributed by atoms with Gasteiger partial charge in [0.05, 0.1) is 21.6 Å². The number of thiazole rings is 1. The molecular weight excluding hydrogens is 316 g/mol. The quantitative estimate of drug-likeness (QED) is 0.824. The van der Waals surface area contributed by atoms with Crippen molar-refractivity contribution in [1.82, 2.24) is 9.88 Å². The maximum Gasteiger partial charge on any atom is 0.235 e. The summed E-state index contributed by atoms with van der Waals surface area (Å²) in [6, 6.07) is 8.00. The topological polar surface area (TPSA) is 53.4 Å². The van der Waals surface area contributed by atoms with Crippen LogP contribution in [0.4, 0.5) is 0 Å². The molecule has 1 heterocycles.